The summed E-state index contributed by atoms with van der Waals surface area (Å²) < 4.78 is 31.8. The molecule has 7 nitrogen and oxygen atoms in total. The maximum absolute atomic E-state index is 12.4. The maximum Gasteiger partial charge on any atom is 0.306 e. The van der Waals surface area contributed by atoms with Gasteiger partial charge in [0.25, 0.3) is 10.0 Å². The van der Waals surface area contributed by atoms with Crippen molar-refractivity contribution >= 4 is 27.6 Å². The number of nitrogens with zero attached hydrogens (tertiary/aromatic N) is 1. The number of carbonyl (C=O) groups excluding carboxylic acids is 2. The number of aryl methyl sites for hydroxylation is 2. The van der Waals surface area contributed by atoms with Crippen molar-refractivity contribution < 1.29 is 22.7 Å². The molecule has 0 saturated heterocycles. The molecule has 0 bridgehead atoms. The predicted molar refractivity (Wildman–Crippen MR) is 125 cm³/mol. The number of nitrogens with one attached hydrogen (secondary N) is 1. The summed E-state index contributed by atoms with van der Waals surface area (Å²) in [4.78, 5) is 29.0. The molecule has 0 amide bonds. The van der Waals surface area contributed by atoms with Crippen LogP contribution in [0, 0.1) is 0 Å². The number of amidine groups is 1. The van der Waals surface area contributed by atoms with Crippen molar-refractivity contribution in [3.8, 4) is 0 Å². The highest BCUT2D eigenvalue weighted by Gasteiger charge is 2.29. The zero-order valence-corrected chi connectivity index (χ0v) is 19.3. The standard InChI is InChI=1S/C25H28N2O5S/c28-22(20-14-13-18-8-3-4-9-19(18)16-20)17-32-24(29)12-2-1-7-15-26-25-21-10-5-6-11-23(21)33(30,31)27-25/h5-6,10-11,13-14,16H,1-4,7-9,12,15,17H2,(H,26,27). The molecule has 0 aromatic heterocycles. The first kappa shape index (κ1) is 23.2. The second-order valence-electron chi connectivity index (χ2n) is 8.42. The molecule has 0 spiro atoms. The van der Waals surface area contributed by atoms with Gasteiger partial charge in [-0.3, -0.25) is 19.3 Å². The number of unbranched alkanes of at least 4 members (excludes halogenated alkanes) is 2. The van der Waals surface area contributed by atoms with E-state index in [-0.39, 0.29) is 29.7 Å². The van der Waals surface area contributed by atoms with E-state index in [0.717, 1.165) is 25.7 Å². The fraction of sp³-hybridized carbons (Fsp3) is 0.400. The minimum atomic E-state index is -3.52. The van der Waals surface area contributed by atoms with Crippen molar-refractivity contribution in [3.63, 3.8) is 0 Å². The molecule has 2 aliphatic rings. The number of ether oxygens (including phenoxy) is 1. The normalized spacial score (nSPS) is 17.2. The summed E-state index contributed by atoms with van der Waals surface area (Å²) >= 11 is 0. The summed E-state index contributed by atoms with van der Waals surface area (Å²) in [6.45, 7) is 0.225. The van der Waals surface area contributed by atoms with Crippen LogP contribution in [0.5, 0.6) is 0 Å². The maximum atomic E-state index is 12.4. The van der Waals surface area contributed by atoms with Crippen LogP contribution in [0.15, 0.2) is 52.4 Å². The van der Waals surface area contributed by atoms with E-state index in [1.807, 2.05) is 18.2 Å². The minimum Gasteiger partial charge on any atom is -0.457 e. The number of Topliss-reactive ketones (excluding diaryl/α,β-unsaturated/α-hetero) is 1. The number of ketones is 1. The lowest BCUT2D eigenvalue weighted by Gasteiger charge is -2.16. The highest BCUT2D eigenvalue weighted by molar-refractivity contribution is 7.90. The molecule has 0 unspecified atom stereocenters. The molecule has 0 fully saturated rings. The van der Waals surface area contributed by atoms with Gasteiger partial charge < -0.3 is 4.74 Å². The smallest absolute Gasteiger partial charge is 0.306 e. The molecule has 8 heteroatoms. The van der Waals surface area contributed by atoms with E-state index in [4.69, 9.17) is 4.74 Å². The molecular weight excluding hydrogens is 440 g/mol. The summed E-state index contributed by atoms with van der Waals surface area (Å²) in [6.07, 6.45) is 6.73. The molecule has 2 aromatic rings. The fourth-order valence-corrected chi connectivity index (χ4v) is 5.46. The zero-order valence-electron chi connectivity index (χ0n) is 18.5. The number of hydrogen-bond donors (Lipinski definition) is 1. The van der Waals surface area contributed by atoms with Gasteiger partial charge in [0, 0.05) is 24.1 Å². The van der Waals surface area contributed by atoms with Crippen LogP contribution in [0.2, 0.25) is 0 Å². The minimum absolute atomic E-state index is 0.174. The zero-order chi connectivity index (χ0) is 23.3. The Bertz CT molecular complexity index is 1190. The number of esters is 1. The summed E-state index contributed by atoms with van der Waals surface area (Å²) in [5.41, 5.74) is 3.74. The number of hydrogen-bond acceptors (Lipinski definition) is 6. The third-order valence-electron chi connectivity index (χ3n) is 6.01. The van der Waals surface area contributed by atoms with Crippen LogP contribution in [0.1, 0.15) is 65.6 Å². The Labute approximate surface area is 194 Å². The lowest BCUT2D eigenvalue weighted by Crippen LogP contribution is -2.22. The molecule has 1 aliphatic carbocycles. The van der Waals surface area contributed by atoms with E-state index in [1.54, 1.807) is 24.3 Å². The monoisotopic (exact) mass is 468 g/mol. The molecule has 1 N–H and O–H groups in total. The van der Waals surface area contributed by atoms with Crippen LogP contribution in [-0.2, 0) is 32.4 Å². The highest BCUT2D eigenvalue weighted by Crippen LogP contribution is 2.23. The first-order valence-electron chi connectivity index (χ1n) is 11.4. The second-order valence-corrected chi connectivity index (χ2v) is 10.1. The van der Waals surface area contributed by atoms with Crippen molar-refractivity contribution in [1.82, 2.24) is 4.72 Å². The van der Waals surface area contributed by atoms with E-state index >= 15 is 0 Å². The van der Waals surface area contributed by atoms with Gasteiger partial charge in [-0.2, -0.15) is 0 Å². The number of fused-ring (bicyclic) bond motifs is 2. The lowest BCUT2D eigenvalue weighted by atomic mass is 9.90. The molecule has 0 radical (unpaired) electrons. The number of carbonyl (C=O) groups is 2. The molecular formula is C25H28N2O5S. The van der Waals surface area contributed by atoms with Gasteiger partial charge in [0.2, 0.25) is 0 Å². The average Bonchev–Trinajstić information content (AvgIpc) is 3.09. The molecule has 174 valence electrons. The van der Waals surface area contributed by atoms with Gasteiger partial charge in [-0.05, 0) is 67.9 Å². The SMILES string of the molecule is O=C(CCCCCN=C1NS(=O)(=O)c2ccccc21)OCC(=O)c1ccc2c(c1)CCCC2. The predicted octanol–water partition coefficient (Wildman–Crippen LogP) is 3.59. The molecule has 33 heavy (non-hydrogen) atoms. The number of benzene rings is 2. The lowest BCUT2D eigenvalue weighted by molar-refractivity contribution is -0.142. The summed E-state index contributed by atoms with van der Waals surface area (Å²) in [7, 11) is -3.52. The largest absolute Gasteiger partial charge is 0.457 e. The third kappa shape index (κ3) is 5.68. The van der Waals surface area contributed by atoms with Gasteiger partial charge in [-0.15, -0.1) is 0 Å². The molecule has 1 heterocycles. The van der Waals surface area contributed by atoms with Crippen LogP contribution in [-0.4, -0.2) is 39.2 Å². The Morgan fingerprint density at radius 1 is 0.970 bits per heavy atom. The topological polar surface area (TPSA) is 102 Å². The molecule has 2 aromatic carbocycles. The molecule has 1 aliphatic heterocycles. The van der Waals surface area contributed by atoms with Crippen LogP contribution in [0.25, 0.3) is 0 Å². The summed E-state index contributed by atoms with van der Waals surface area (Å²) in [5.74, 6) is -0.192. The average molecular weight is 469 g/mol. The summed E-state index contributed by atoms with van der Waals surface area (Å²) in [6, 6.07) is 12.5. The van der Waals surface area contributed by atoms with Crippen LogP contribution < -0.4 is 4.72 Å². The number of aliphatic imine (C=N–C) groups is 1. The molecule has 0 atom stereocenters. The van der Waals surface area contributed by atoms with E-state index in [0.29, 0.717) is 36.3 Å². The third-order valence-corrected chi connectivity index (χ3v) is 7.40. The van der Waals surface area contributed by atoms with Gasteiger partial charge in [-0.25, -0.2) is 8.42 Å². The first-order chi connectivity index (χ1) is 15.9. The van der Waals surface area contributed by atoms with E-state index < -0.39 is 10.0 Å². The van der Waals surface area contributed by atoms with Gasteiger partial charge in [0.05, 0.1) is 4.90 Å². The molecule has 4 rings (SSSR count). The molecule has 0 saturated carbocycles. The Kier molecular flexibility index (Phi) is 7.23. The van der Waals surface area contributed by atoms with Crippen LogP contribution in [0.3, 0.4) is 0 Å². The number of rotatable bonds is 9. The van der Waals surface area contributed by atoms with Gasteiger partial charge in [-0.1, -0.05) is 30.7 Å². The van der Waals surface area contributed by atoms with Gasteiger partial charge in [0.15, 0.2) is 12.4 Å². The van der Waals surface area contributed by atoms with Crippen LogP contribution in [0.4, 0.5) is 0 Å². The first-order valence-corrected chi connectivity index (χ1v) is 12.9. The number of sulfonamides is 1. The quantitative estimate of drug-likeness (QED) is 0.344. The van der Waals surface area contributed by atoms with E-state index in [9.17, 15) is 18.0 Å². The van der Waals surface area contributed by atoms with E-state index in [1.165, 1.54) is 17.5 Å². The van der Waals surface area contributed by atoms with Crippen molar-refractivity contribution in [3.05, 3.63) is 64.7 Å². The van der Waals surface area contributed by atoms with Crippen molar-refractivity contribution in [2.75, 3.05) is 13.2 Å². The van der Waals surface area contributed by atoms with Crippen LogP contribution >= 0.6 is 0 Å². The van der Waals surface area contributed by atoms with Crippen molar-refractivity contribution in [2.45, 2.75) is 56.3 Å². The van der Waals surface area contributed by atoms with Crippen molar-refractivity contribution in [2.24, 2.45) is 4.99 Å². The fourth-order valence-electron chi connectivity index (χ4n) is 4.21. The summed E-state index contributed by atoms with van der Waals surface area (Å²) in [5, 5.41) is 0. The Balaban J connectivity index is 1.15. The highest BCUT2D eigenvalue weighted by atomic mass is 32.2. The Morgan fingerprint density at radius 3 is 2.61 bits per heavy atom. The second kappa shape index (κ2) is 10.3. The van der Waals surface area contributed by atoms with E-state index in [2.05, 4.69) is 9.71 Å². The van der Waals surface area contributed by atoms with Crippen molar-refractivity contribution in [1.29, 1.82) is 0 Å². The van der Waals surface area contributed by atoms with Gasteiger partial charge in [0.1, 0.15) is 5.84 Å². The van der Waals surface area contributed by atoms with Gasteiger partial charge >= 0.3 is 5.97 Å². The Morgan fingerprint density at radius 2 is 1.76 bits per heavy atom. The Hall–Kier alpha value is -3.00.